The number of nitrogens with zero attached hydrogens (tertiary/aromatic N) is 3. The maximum absolute atomic E-state index is 5.15. The van der Waals surface area contributed by atoms with Crippen molar-refractivity contribution in [3.05, 3.63) is 30.2 Å². The van der Waals surface area contributed by atoms with E-state index >= 15 is 0 Å². The van der Waals surface area contributed by atoms with Crippen LogP contribution in [0.2, 0.25) is 0 Å². The van der Waals surface area contributed by atoms with Gasteiger partial charge in [0.2, 0.25) is 0 Å². The number of rotatable bonds is 3. The molecule has 0 saturated heterocycles. The number of nitrogens with one attached hydrogen (secondary N) is 2. The zero-order valence-electron chi connectivity index (χ0n) is 9.84. The van der Waals surface area contributed by atoms with Crippen LogP contribution in [0.1, 0.15) is 19.7 Å². The van der Waals surface area contributed by atoms with E-state index in [0.717, 1.165) is 11.5 Å². The highest BCUT2D eigenvalue weighted by molar-refractivity contribution is 7.80. The first kappa shape index (κ1) is 11.8. The van der Waals surface area contributed by atoms with Gasteiger partial charge in [-0.3, -0.25) is 4.40 Å². The highest BCUT2D eigenvalue weighted by Gasteiger charge is 2.05. The summed E-state index contributed by atoms with van der Waals surface area (Å²) >= 11 is 5.15. The molecule has 0 amide bonds. The monoisotopic (exact) mass is 249 g/mol. The molecule has 0 aliphatic carbocycles. The van der Waals surface area contributed by atoms with Crippen LogP contribution < -0.4 is 10.6 Å². The van der Waals surface area contributed by atoms with Crippen LogP contribution in [0, 0.1) is 0 Å². The van der Waals surface area contributed by atoms with Crippen molar-refractivity contribution in [3.8, 4) is 0 Å². The van der Waals surface area contributed by atoms with Crippen molar-refractivity contribution in [2.45, 2.75) is 26.4 Å². The SMILES string of the molecule is CC(C)NC(=S)NCc1nnc2ccccn12. The minimum atomic E-state index is 0.324. The highest BCUT2D eigenvalue weighted by Crippen LogP contribution is 2.02. The quantitative estimate of drug-likeness (QED) is 0.798. The number of thiocarbonyl (C=S) groups is 1. The molecule has 0 aliphatic rings. The standard InChI is InChI=1S/C11H15N5S/c1-8(2)13-11(17)12-7-10-15-14-9-5-3-4-6-16(9)10/h3-6,8H,7H2,1-2H3,(H2,12,13,17). The average Bonchev–Trinajstić information content (AvgIpc) is 2.69. The van der Waals surface area contributed by atoms with Gasteiger partial charge in [0.1, 0.15) is 0 Å². The lowest BCUT2D eigenvalue weighted by atomic mass is 10.4. The number of pyridine rings is 1. The predicted molar refractivity (Wildman–Crippen MR) is 70.7 cm³/mol. The molecule has 0 saturated carbocycles. The lowest BCUT2D eigenvalue weighted by Crippen LogP contribution is -2.39. The lowest BCUT2D eigenvalue weighted by Gasteiger charge is -2.12. The maximum Gasteiger partial charge on any atom is 0.166 e. The summed E-state index contributed by atoms with van der Waals surface area (Å²) in [5.41, 5.74) is 0.840. The Bertz CT molecular complexity index is 519. The summed E-state index contributed by atoms with van der Waals surface area (Å²) in [5.74, 6) is 0.841. The van der Waals surface area contributed by atoms with Crippen LogP contribution in [-0.4, -0.2) is 25.8 Å². The van der Waals surface area contributed by atoms with Crippen molar-refractivity contribution >= 4 is 23.0 Å². The van der Waals surface area contributed by atoms with E-state index < -0.39 is 0 Å². The van der Waals surface area contributed by atoms with Gasteiger partial charge >= 0.3 is 0 Å². The third-order valence-corrected chi connectivity index (χ3v) is 2.47. The Morgan fingerprint density at radius 3 is 3.00 bits per heavy atom. The fraction of sp³-hybridized carbons (Fsp3) is 0.364. The third-order valence-electron chi connectivity index (χ3n) is 2.21. The second-order valence-electron chi connectivity index (χ2n) is 4.03. The van der Waals surface area contributed by atoms with Crippen molar-refractivity contribution in [2.24, 2.45) is 0 Å². The number of hydrogen-bond acceptors (Lipinski definition) is 3. The van der Waals surface area contributed by atoms with Crippen LogP contribution in [0.4, 0.5) is 0 Å². The fourth-order valence-electron chi connectivity index (χ4n) is 1.48. The van der Waals surface area contributed by atoms with E-state index in [1.807, 2.05) is 42.6 Å². The molecule has 0 radical (unpaired) electrons. The predicted octanol–water partition coefficient (Wildman–Crippen LogP) is 1.10. The molecule has 0 atom stereocenters. The summed E-state index contributed by atoms with van der Waals surface area (Å²) in [5, 5.41) is 15.0. The van der Waals surface area contributed by atoms with Gasteiger partial charge in [-0.15, -0.1) is 10.2 Å². The molecule has 0 unspecified atom stereocenters. The van der Waals surface area contributed by atoms with Gasteiger partial charge in [0, 0.05) is 12.2 Å². The van der Waals surface area contributed by atoms with E-state index in [0.29, 0.717) is 17.7 Å². The lowest BCUT2D eigenvalue weighted by molar-refractivity contribution is 0.702. The van der Waals surface area contributed by atoms with Gasteiger partial charge in [-0.2, -0.15) is 0 Å². The minimum Gasteiger partial charge on any atom is -0.361 e. The van der Waals surface area contributed by atoms with E-state index in [-0.39, 0.29) is 0 Å². The van der Waals surface area contributed by atoms with Crippen molar-refractivity contribution in [1.82, 2.24) is 25.2 Å². The molecular formula is C11H15N5S. The molecule has 0 fully saturated rings. The summed E-state index contributed by atoms with van der Waals surface area (Å²) in [6.07, 6.45) is 1.94. The fourth-order valence-corrected chi connectivity index (χ4v) is 1.79. The molecule has 2 heterocycles. The molecule has 17 heavy (non-hydrogen) atoms. The molecule has 5 nitrogen and oxygen atoms in total. The van der Waals surface area contributed by atoms with Crippen molar-refractivity contribution in [3.63, 3.8) is 0 Å². The van der Waals surface area contributed by atoms with Gasteiger partial charge in [0.05, 0.1) is 6.54 Å². The molecule has 2 aromatic heterocycles. The molecule has 2 N–H and O–H groups in total. The van der Waals surface area contributed by atoms with E-state index in [4.69, 9.17) is 12.2 Å². The Kier molecular flexibility index (Phi) is 3.53. The average molecular weight is 249 g/mol. The zero-order chi connectivity index (χ0) is 12.3. The second-order valence-corrected chi connectivity index (χ2v) is 4.44. The number of fused-ring (bicyclic) bond motifs is 1. The van der Waals surface area contributed by atoms with Gasteiger partial charge in [0.25, 0.3) is 0 Å². The largest absolute Gasteiger partial charge is 0.361 e. The molecule has 6 heteroatoms. The van der Waals surface area contributed by atoms with Gasteiger partial charge in [0.15, 0.2) is 16.6 Å². The van der Waals surface area contributed by atoms with Gasteiger partial charge < -0.3 is 10.6 Å². The topological polar surface area (TPSA) is 54.2 Å². The first-order valence-corrected chi connectivity index (χ1v) is 5.90. The van der Waals surface area contributed by atoms with E-state index in [1.165, 1.54) is 0 Å². The van der Waals surface area contributed by atoms with Crippen molar-refractivity contribution < 1.29 is 0 Å². The number of aromatic nitrogens is 3. The van der Waals surface area contributed by atoms with Crippen molar-refractivity contribution in [1.29, 1.82) is 0 Å². The Balaban J connectivity index is 2.02. The van der Waals surface area contributed by atoms with Crippen LogP contribution >= 0.6 is 12.2 Å². The molecule has 0 spiro atoms. The smallest absolute Gasteiger partial charge is 0.166 e. The van der Waals surface area contributed by atoms with E-state index in [1.54, 1.807) is 0 Å². The molecule has 0 bridgehead atoms. The van der Waals surface area contributed by atoms with Crippen LogP contribution in [0.25, 0.3) is 5.65 Å². The van der Waals surface area contributed by atoms with Gasteiger partial charge in [-0.25, -0.2) is 0 Å². The first-order chi connectivity index (χ1) is 8.16. The zero-order valence-corrected chi connectivity index (χ0v) is 10.7. The van der Waals surface area contributed by atoms with Crippen LogP contribution in [0.5, 0.6) is 0 Å². The molecule has 2 aromatic rings. The third kappa shape index (κ3) is 2.91. The molecule has 2 rings (SSSR count). The summed E-state index contributed by atoms with van der Waals surface area (Å²) in [7, 11) is 0. The maximum atomic E-state index is 5.15. The molecule has 0 aromatic carbocycles. The minimum absolute atomic E-state index is 0.324. The Morgan fingerprint density at radius 1 is 1.41 bits per heavy atom. The van der Waals surface area contributed by atoms with E-state index in [2.05, 4.69) is 20.8 Å². The molecule has 0 aliphatic heterocycles. The van der Waals surface area contributed by atoms with Crippen LogP contribution in [0.3, 0.4) is 0 Å². The Morgan fingerprint density at radius 2 is 2.24 bits per heavy atom. The van der Waals surface area contributed by atoms with Crippen LogP contribution in [0.15, 0.2) is 24.4 Å². The molecular weight excluding hydrogens is 234 g/mol. The Hall–Kier alpha value is -1.69. The summed E-state index contributed by atoms with van der Waals surface area (Å²) in [6.45, 7) is 4.64. The Labute approximate surface area is 105 Å². The summed E-state index contributed by atoms with van der Waals surface area (Å²) < 4.78 is 1.94. The summed E-state index contributed by atoms with van der Waals surface area (Å²) in [6, 6.07) is 6.13. The molecule has 90 valence electrons. The van der Waals surface area contributed by atoms with Gasteiger partial charge in [-0.05, 0) is 38.2 Å². The second kappa shape index (κ2) is 5.09. The first-order valence-electron chi connectivity index (χ1n) is 5.50. The highest BCUT2D eigenvalue weighted by atomic mass is 32.1. The van der Waals surface area contributed by atoms with Gasteiger partial charge in [-0.1, -0.05) is 6.07 Å². The normalized spacial score (nSPS) is 10.8. The number of hydrogen-bond donors (Lipinski definition) is 2. The summed E-state index contributed by atoms with van der Waals surface area (Å²) in [4.78, 5) is 0. The van der Waals surface area contributed by atoms with Crippen LogP contribution in [-0.2, 0) is 6.54 Å². The van der Waals surface area contributed by atoms with E-state index in [9.17, 15) is 0 Å². The van der Waals surface area contributed by atoms with Crippen molar-refractivity contribution in [2.75, 3.05) is 0 Å².